The zero-order chi connectivity index (χ0) is 14.8. The first kappa shape index (κ1) is 15.3. The Morgan fingerprint density at radius 2 is 2.10 bits per heavy atom. The Morgan fingerprint density at radius 3 is 2.70 bits per heavy atom. The molecule has 6 heteroatoms. The van der Waals surface area contributed by atoms with Crippen LogP contribution in [0.2, 0.25) is 0 Å². The zero-order valence-corrected chi connectivity index (χ0v) is 12.9. The molecule has 1 heterocycles. The van der Waals surface area contributed by atoms with Gasteiger partial charge in [0.2, 0.25) is 10.0 Å². The third kappa shape index (κ3) is 3.13. The molecule has 20 heavy (non-hydrogen) atoms. The van der Waals surface area contributed by atoms with Crippen molar-refractivity contribution in [1.82, 2.24) is 4.72 Å². The van der Waals surface area contributed by atoms with Gasteiger partial charge in [0, 0.05) is 13.2 Å². The van der Waals surface area contributed by atoms with E-state index >= 15 is 0 Å². The Labute approximate surface area is 120 Å². The molecular formula is C14H21NO4S. The minimum absolute atomic E-state index is 0.00979. The molecule has 0 bridgehead atoms. The lowest BCUT2D eigenvalue weighted by Crippen LogP contribution is -2.32. The highest BCUT2D eigenvalue weighted by Gasteiger charge is 2.22. The van der Waals surface area contributed by atoms with Crippen molar-refractivity contribution in [2.24, 2.45) is 0 Å². The molecule has 0 spiro atoms. The molecule has 0 amide bonds. The minimum Gasteiger partial charge on any atom is -0.496 e. The topological polar surface area (TPSA) is 64.6 Å². The summed E-state index contributed by atoms with van der Waals surface area (Å²) >= 11 is 0. The van der Waals surface area contributed by atoms with Gasteiger partial charge in [0.15, 0.2) is 0 Å². The second-order valence-corrected chi connectivity index (χ2v) is 6.74. The Balaban J connectivity index is 2.18. The van der Waals surface area contributed by atoms with Crippen molar-refractivity contribution >= 4 is 10.0 Å². The molecular weight excluding hydrogens is 278 g/mol. The van der Waals surface area contributed by atoms with Gasteiger partial charge in [-0.05, 0) is 49.9 Å². The molecule has 5 nitrogen and oxygen atoms in total. The van der Waals surface area contributed by atoms with E-state index in [2.05, 4.69) is 4.72 Å². The van der Waals surface area contributed by atoms with Crippen molar-refractivity contribution in [1.29, 1.82) is 0 Å². The van der Waals surface area contributed by atoms with Gasteiger partial charge >= 0.3 is 0 Å². The van der Waals surface area contributed by atoms with Crippen LogP contribution in [0.5, 0.6) is 5.75 Å². The highest BCUT2D eigenvalue weighted by Crippen LogP contribution is 2.26. The van der Waals surface area contributed by atoms with E-state index in [1.54, 1.807) is 26.2 Å². The number of ether oxygens (including phenoxy) is 2. The fraction of sp³-hybridized carbons (Fsp3) is 0.571. The maximum atomic E-state index is 12.4. The van der Waals surface area contributed by atoms with Gasteiger partial charge in [0.25, 0.3) is 0 Å². The first-order chi connectivity index (χ1) is 9.45. The largest absolute Gasteiger partial charge is 0.496 e. The molecule has 1 saturated heterocycles. The average molecular weight is 299 g/mol. The number of methoxy groups -OCH3 is 1. The highest BCUT2D eigenvalue weighted by molar-refractivity contribution is 7.89. The fourth-order valence-electron chi connectivity index (χ4n) is 2.37. The molecule has 0 saturated carbocycles. The first-order valence-corrected chi connectivity index (χ1v) is 8.19. The van der Waals surface area contributed by atoms with E-state index in [-0.39, 0.29) is 6.10 Å². The van der Waals surface area contributed by atoms with Crippen LogP contribution < -0.4 is 9.46 Å². The predicted molar refractivity (Wildman–Crippen MR) is 76.6 cm³/mol. The lowest BCUT2D eigenvalue weighted by Gasteiger charge is -2.15. The van der Waals surface area contributed by atoms with E-state index < -0.39 is 10.0 Å². The molecule has 0 aliphatic carbocycles. The molecule has 1 aromatic carbocycles. The Morgan fingerprint density at radius 1 is 1.35 bits per heavy atom. The molecule has 0 aromatic heterocycles. The van der Waals surface area contributed by atoms with Gasteiger partial charge in [-0.25, -0.2) is 13.1 Å². The molecule has 1 aliphatic rings. The summed E-state index contributed by atoms with van der Waals surface area (Å²) in [5.41, 5.74) is 1.55. The minimum atomic E-state index is -3.51. The Bertz CT molecular complexity index is 577. The van der Waals surface area contributed by atoms with Gasteiger partial charge in [-0.2, -0.15) is 0 Å². The number of benzene rings is 1. The molecule has 1 atom stereocenters. The van der Waals surface area contributed by atoms with Crippen LogP contribution >= 0.6 is 0 Å². The maximum Gasteiger partial charge on any atom is 0.240 e. The van der Waals surface area contributed by atoms with E-state index in [0.717, 1.165) is 18.4 Å². The summed E-state index contributed by atoms with van der Waals surface area (Å²) in [7, 11) is -1.94. The van der Waals surface area contributed by atoms with Crippen LogP contribution in [0.25, 0.3) is 0 Å². The summed E-state index contributed by atoms with van der Waals surface area (Å²) < 4.78 is 38.0. The van der Waals surface area contributed by atoms with Crippen molar-refractivity contribution in [2.75, 3.05) is 20.3 Å². The van der Waals surface area contributed by atoms with E-state index in [9.17, 15) is 8.42 Å². The summed E-state index contributed by atoms with van der Waals surface area (Å²) in [4.78, 5) is 0.300. The Kier molecular flexibility index (Phi) is 4.67. The van der Waals surface area contributed by atoms with E-state index in [4.69, 9.17) is 9.47 Å². The summed E-state index contributed by atoms with van der Waals surface area (Å²) in [6.07, 6.45) is 1.89. The maximum absolute atomic E-state index is 12.4. The second-order valence-electron chi connectivity index (χ2n) is 5.00. The molecule has 1 aromatic rings. The van der Waals surface area contributed by atoms with Gasteiger partial charge in [-0.15, -0.1) is 0 Å². The van der Waals surface area contributed by atoms with E-state index in [1.807, 2.05) is 6.92 Å². The Hall–Kier alpha value is -1.11. The molecule has 1 N–H and O–H groups in total. The van der Waals surface area contributed by atoms with Crippen molar-refractivity contribution < 1.29 is 17.9 Å². The summed E-state index contributed by atoms with van der Waals surface area (Å²) in [5, 5.41) is 0. The molecule has 0 radical (unpaired) electrons. The van der Waals surface area contributed by atoms with Crippen molar-refractivity contribution in [3.8, 4) is 5.75 Å². The lowest BCUT2D eigenvalue weighted by atomic mass is 10.1. The fourth-order valence-corrected chi connectivity index (χ4v) is 3.73. The van der Waals surface area contributed by atoms with Crippen LogP contribution in [0.1, 0.15) is 24.0 Å². The van der Waals surface area contributed by atoms with Crippen molar-refractivity contribution in [3.63, 3.8) is 0 Å². The van der Waals surface area contributed by atoms with Crippen LogP contribution in [-0.2, 0) is 14.8 Å². The van der Waals surface area contributed by atoms with E-state index in [0.29, 0.717) is 29.4 Å². The predicted octanol–water partition coefficient (Wildman–Crippen LogP) is 1.77. The smallest absolute Gasteiger partial charge is 0.240 e. The van der Waals surface area contributed by atoms with E-state index in [1.165, 1.54) is 0 Å². The van der Waals surface area contributed by atoms with Gasteiger partial charge in [0.05, 0.1) is 18.1 Å². The van der Waals surface area contributed by atoms with Crippen molar-refractivity contribution in [2.45, 2.75) is 37.7 Å². The number of hydrogen-bond acceptors (Lipinski definition) is 4. The monoisotopic (exact) mass is 299 g/mol. The lowest BCUT2D eigenvalue weighted by molar-refractivity contribution is 0.114. The number of sulfonamides is 1. The van der Waals surface area contributed by atoms with Gasteiger partial charge in [-0.3, -0.25) is 0 Å². The molecule has 112 valence electrons. The quantitative estimate of drug-likeness (QED) is 0.900. The summed E-state index contributed by atoms with van der Waals surface area (Å²) in [5.74, 6) is 0.695. The third-order valence-corrected chi connectivity index (χ3v) is 5.29. The standard InChI is InChI=1S/C14H21NO4S/c1-10-11(2)14(7-6-13(10)18-3)20(16,17)15-9-12-5-4-8-19-12/h6-7,12,15H,4-5,8-9H2,1-3H3/t12-/m1/s1. The summed E-state index contributed by atoms with van der Waals surface area (Å²) in [6, 6.07) is 3.27. The van der Waals surface area contributed by atoms with Crippen LogP contribution in [0.15, 0.2) is 17.0 Å². The van der Waals surface area contributed by atoms with Crippen LogP contribution in [-0.4, -0.2) is 34.8 Å². The highest BCUT2D eigenvalue weighted by atomic mass is 32.2. The average Bonchev–Trinajstić information content (AvgIpc) is 2.92. The van der Waals surface area contributed by atoms with Gasteiger partial charge in [0.1, 0.15) is 5.75 Å². The summed E-state index contributed by atoms with van der Waals surface area (Å²) in [6.45, 7) is 4.69. The normalized spacial score (nSPS) is 19.2. The zero-order valence-electron chi connectivity index (χ0n) is 12.1. The van der Waals surface area contributed by atoms with Crippen LogP contribution in [0, 0.1) is 13.8 Å². The van der Waals surface area contributed by atoms with Gasteiger partial charge < -0.3 is 9.47 Å². The molecule has 1 fully saturated rings. The van der Waals surface area contributed by atoms with Crippen molar-refractivity contribution in [3.05, 3.63) is 23.3 Å². The molecule has 2 rings (SSSR count). The number of rotatable bonds is 5. The van der Waals surface area contributed by atoms with Crippen LogP contribution in [0.4, 0.5) is 0 Å². The SMILES string of the molecule is COc1ccc(S(=O)(=O)NC[C@H]2CCCO2)c(C)c1C. The molecule has 1 aliphatic heterocycles. The first-order valence-electron chi connectivity index (χ1n) is 6.71. The van der Waals surface area contributed by atoms with Gasteiger partial charge in [-0.1, -0.05) is 0 Å². The van der Waals surface area contributed by atoms with Crippen LogP contribution in [0.3, 0.4) is 0 Å². The molecule has 0 unspecified atom stereocenters. The number of hydrogen-bond donors (Lipinski definition) is 1. The second kappa shape index (κ2) is 6.11. The number of nitrogens with one attached hydrogen (secondary N) is 1. The third-order valence-electron chi connectivity index (χ3n) is 3.72.